The fourth-order valence-corrected chi connectivity index (χ4v) is 4.17. The molecule has 2 N–H and O–H groups in total. The quantitative estimate of drug-likeness (QED) is 0.582. The minimum Gasteiger partial charge on any atom is -0.455 e. The van der Waals surface area contributed by atoms with Crippen molar-refractivity contribution in [2.75, 3.05) is 6.61 Å². The fourth-order valence-electron chi connectivity index (χ4n) is 4.17. The topological polar surface area (TPSA) is 105 Å². The molecule has 1 heterocycles. The van der Waals surface area contributed by atoms with Crippen molar-refractivity contribution in [3.8, 4) is 0 Å². The van der Waals surface area contributed by atoms with Crippen molar-refractivity contribution in [2.45, 2.75) is 44.1 Å². The molecule has 1 saturated heterocycles. The molecule has 2 fully saturated rings. The second kappa shape index (κ2) is 8.14. The number of hydrazine groups is 1. The number of hydrogen-bond donors (Lipinski definition) is 2. The van der Waals surface area contributed by atoms with E-state index in [2.05, 4.69) is 10.7 Å². The standard InChI is InChI=1S/C22H23N3O5/c26-18(24-25-20(28)22(23-21(25)29)11-4-1-5-12-22)14-30-19(27)13-16-9-6-8-15-7-2-3-10-17(15)16/h2-3,6-10H,1,4-5,11-14H2,(H,23,29)(H,24,26). The Bertz CT molecular complexity index is 1010. The fraction of sp³-hybridized carbons (Fsp3) is 0.364. The monoisotopic (exact) mass is 409 g/mol. The van der Waals surface area contributed by atoms with Crippen molar-refractivity contribution in [1.29, 1.82) is 0 Å². The normalized spacial score (nSPS) is 17.8. The largest absolute Gasteiger partial charge is 0.455 e. The second-order valence-corrected chi connectivity index (χ2v) is 7.72. The number of benzene rings is 2. The van der Waals surface area contributed by atoms with E-state index in [4.69, 9.17) is 4.74 Å². The predicted molar refractivity (Wildman–Crippen MR) is 108 cm³/mol. The number of nitrogens with zero attached hydrogens (tertiary/aromatic N) is 1. The van der Waals surface area contributed by atoms with Crippen molar-refractivity contribution in [3.63, 3.8) is 0 Å². The van der Waals surface area contributed by atoms with Crippen LogP contribution in [0.1, 0.15) is 37.7 Å². The molecule has 1 spiro atoms. The molecule has 0 aromatic heterocycles. The molecule has 1 aliphatic heterocycles. The zero-order valence-electron chi connectivity index (χ0n) is 16.5. The summed E-state index contributed by atoms with van der Waals surface area (Å²) in [6.07, 6.45) is 3.85. The van der Waals surface area contributed by atoms with Gasteiger partial charge in [-0.2, -0.15) is 5.01 Å². The number of rotatable bonds is 5. The molecule has 2 aliphatic rings. The molecule has 1 saturated carbocycles. The number of amides is 4. The summed E-state index contributed by atoms with van der Waals surface area (Å²) < 4.78 is 5.05. The average Bonchev–Trinajstić information content (AvgIpc) is 2.97. The Hall–Kier alpha value is -3.42. The molecule has 2 aromatic carbocycles. The lowest BCUT2D eigenvalue weighted by atomic mass is 9.82. The minimum absolute atomic E-state index is 0.0148. The summed E-state index contributed by atoms with van der Waals surface area (Å²) in [5.74, 6) is -1.76. The number of urea groups is 1. The Morgan fingerprint density at radius 2 is 1.77 bits per heavy atom. The van der Waals surface area contributed by atoms with Crippen LogP contribution in [0.2, 0.25) is 0 Å². The molecule has 156 valence electrons. The molecule has 4 amide bonds. The van der Waals surface area contributed by atoms with Gasteiger partial charge in [0.25, 0.3) is 11.8 Å². The van der Waals surface area contributed by atoms with Crippen LogP contribution in [0, 0.1) is 0 Å². The van der Waals surface area contributed by atoms with E-state index >= 15 is 0 Å². The molecular formula is C22H23N3O5. The van der Waals surface area contributed by atoms with E-state index < -0.39 is 36.0 Å². The number of carbonyl (C=O) groups excluding carboxylic acids is 4. The Kier molecular flexibility index (Phi) is 5.39. The van der Waals surface area contributed by atoms with E-state index in [9.17, 15) is 19.2 Å². The van der Waals surface area contributed by atoms with Gasteiger partial charge in [0.1, 0.15) is 5.54 Å². The van der Waals surface area contributed by atoms with Crippen LogP contribution in [-0.2, 0) is 25.5 Å². The molecule has 8 heteroatoms. The summed E-state index contributed by atoms with van der Waals surface area (Å²) in [5.41, 5.74) is 2.13. The van der Waals surface area contributed by atoms with Gasteiger partial charge >= 0.3 is 12.0 Å². The van der Waals surface area contributed by atoms with Crippen LogP contribution in [-0.4, -0.2) is 41.0 Å². The minimum atomic E-state index is -0.923. The highest BCUT2D eigenvalue weighted by molar-refractivity contribution is 6.08. The third-order valence-corrected chi connectivity index (χ3v) is 5.68. The maximum Gasteiger partial charge on any atom is 0.344 e. The molecule has 0 unspecified atom stereocenters. The summed E-state index contributed by atoms with van der Waals surface area (Å²) in [7, 11) is 0. The molecule has 0 radical (unpaired) electrons. The SMILES string of the molecule is O=C(COC(=O)Cc1cccc2ccccc12)NN1C(=O)NC2(CCCCC2)C1=O. The van der Waals surface area contributed by atoms with Crippen LogP contribution < -0.4 is 10.7 Å². The molecular weight excluding hydrogens is 386 g/mol. The van der Waals surface area contributed by atoms with Crippen LogP contribution in [0.5, 0.6) is 0 Å². The molecule has 30 heavy (non-hydrogen) atoms. The zero-order valence-corrected chi connectivity index (χ0v) is 16.5. The summed E-state index contributed by atoms with van der Waals surface area (Å²) in [5, 5.41) is 5.36. The highest BCUT2D eigenvalue weighted by Gasteiger charge is 2.52. The van der Waals surface area contributed by atoms with E-state index in [1.165, 1.54) is 0 Å². The third-order valence-electron chi connectivity index (χ3n) is 5.68. The van der Waals surface area contributed by atoms with Crippen molar-refractivity contribution in [1.82, 2.24) is 15.8 Å². The first-order valence-corrected chi connectivity index (χ1v) is 10.1. The Labute approximate surface area is 173 Å². The Morgan fingerprint density at radius 3 is 2.57 bits per heavy atom. The second-order valence-electron chi connectivity index (χ2n) is 7.72. The number of carbonyl (C=O) groups is 4. The van der Waals surface area contributed by atoms with Crippen LogP contribution in [0.25, 0.3) is 10.8 Å². The van der Waals surface area contributed by atoms with Gasteiger partial charge in [-0.25, -0.2) is 4.79 Å². The van der Waals surface area contributed by atoms with E-state index in [0.29, 0.717) is 17.9 Å². The van der Waals surface area contributed by atoms with Gasteiger partial charge in [0.15, 0.2) is 6.61 Å². The van der Waals surface area contributed by atoms with Crippen molar-refractivity contribution >= 4 is 34.6 Å². The van der Waals surface area contributed by atoms with Gasteiger partial charge in [-0.3, -0.25) is 19.8 Å². The first-order chi connectivity index (χ1) is 14.5. The van der Waals surface area contributed by atoms with Gasteiger partial charge in [-0.05, 0) is 29.2 Å². The van der Waals surface area contributed by atoms with Gasteiger partial charge < -0.3 is 10.1 Å². The summed E-state index contributed by atoms with van der Waals surface area (Å²) in [6, 6.07) is 12.7. The maximum atomic E-state index is 12.7. The first kappa shape index (κ1) is 19.9. The lowest BCUT2D eigenvalue weighted by Crippen LogP contribution is -2.51. The number of nitrogens with one attached hydrogen (secondary N) is 2. The lowest BCUT2D eigenvalue weighted by molar-refractivity contribution is -0.150. The molecule has 0 bridgehead atoms. The highest BCUT2D eigenvalue weighted by Crippen LogP contribution is 2.32. The smallest absolute Gasteiger partial charge is 0.344 e. The molecule has 8 nitrogen and oxygen atoms in total. The molecule has 1 aliphatic carbocycles. The van der Waals surface area contributed by atoms with Crippen LogP contribution in [0.4, 0.5) is 4.79 Å². The van der Waals surface area contributed by atoms with Gasteiger partial charge in [-0.1, -0.05) is 61.7 Å². The van der Waals surface area contributed by atoms with Crippen molar-refractivity contribution in [3.05, 3.63) is 48.0 Å². The average molecular weight is 409 g/mol. The van der Waals surface area contributed by atoms with E-state index in [-0.39, 0.29) is 6.42 Å². The number of imide groups is 1. The number of ether oxygens (including phenoxy) is 1. The molecule has 4 rings (SSSR count). The van der Waals surface area contributed by atoms with Crippen LogP contribution in [0.3, 0.4) is 0 Å². The summed E-state index contributed by atoms with van der Waals surface area (Å²) >= 11 is 0. The van der Waals surface area contributed by atoms with E-state index in [0.717, 1.165) is 35.6 Å². The van der Waals surface area contributed by atoms with E-state index in [1.807, 2.05) is 42.5 Å². The highest BCUT2D eigenvalue weighted by atomic mass is 16.5. The van der Waals surface area contributed by atoms with E-state index in [1.54, 1.807) is 0 Å². The first-order valence-electron chi connectivity index (χ1n) is 10.1. The molecule has 0 atom stereocenters. The van der Waals surface area contributed by atoms with Gasteiger partial charge in [0.05, 0.1) is 6.42 Å². The van der Waals surface area contributed by atoms with Gasteiger partial charge in [0, 0.05) is 0 Å². The summed E-state index contributed by atoms with van der Waals surface area (Å²) in [4.78, 5) is 49.2. The Balaban J connectivity index is 1.32. The maximum absolute atomic E-state index is 12.7. The van der Waals surface area contributed by atoms with Crippen molar-refractivity contribution < 1.29 is 23.9 Å². The zero-order chi connectivity index (χ0) is 21.1. The van der Waals surface area contributed by atoms with Crippen molar-refractivity contribution in [2.24, 2.45) is 0 Å². The third kappa shape index (κ3) is 3.85. The number of hydrogen-bond acceptors (Lipinski definition) is 5. The number of fused-ring (bicyclic) bond motifs is 1. The van der Waals surface area contributed by atoms with Gasteiger partial charge in [0.2, 0.25) is 0 Å². The lowest BCUT2D eigenvalue weighted by Gasteiger charge is -2.30. The predicted octanol–water partition coefficient (Wildman–Crippen LogP) is 2.21. The number of esters is 1. The van der Waals surface area contributed by atoms with Crippen LogP contribution >= 0.6 is 0 Å². The van der Waals surface area contributed by atoms with Gasteiger partial charge in [-0.15, -0.1) is 0 Å². The molecule has 2 aromatic rings. The summed E-state index contributed by atoms with van der Waals surface area (Å²) in [6.45, 7) is -0.576. The van der Waals surface area contributed by atoms with Crippen LogP contribution in [0.15, 0.2) is 42.5 Å². The Morgan fingerprint density at radius 1 is 1.03 bits per heavy atom.